The molecule has 125 heavy (non-hydrogen) atoms. The number of unbranched alkanes of at least 4 members (excludes halogenated alkanes) is 41. The van der Waals surface area contributed by atoms with Crippen molar-refractivity contribution in [3.05, 3.63) is 182 Å². The summed E-state index contributed by atoms with van der Waals surface area (Å²) < 4.78 is 61.7. The number of allylic oxidation sites excluding steroid dienone is 30. The van der Waals surface area contributed by atoms with Gasteiger partial charge < -0.3 is 34.2 Å². The largest absolute Gasteiger partial charge is 0.472 e. The van der Waals surface area contributed by atoms with E-state index < -0.39 is 91.5 Å². The summed E-state index contributed by atoms with van der Waals surface area (Å²) in [6.45, 7) is 2.48. The van der Waals surface area contributed by atoms with Crippen LogP contribution in [0.4, 0.5) is 0 Å². The lowest BCUT2D eigenvalue weighted by Crippen LogP contribution is -2.30. The topological polar surface area (TPSA) is 231 Å². The van der Waals surface area contributed by atoms with Crippen molar-refractivity contribution in [1.82, 2.24) is 0 Å². The maximum absolute atomic E-state index is 13.1. The Bertz CT molecular complexity index is 3000. The summed E-state index contributed by atoms with van der Waals surface area (Å²) in [4.78, 5) is 59.2. The third-order valence-corrected chi connectivity index (χ3v) is 23.0. The van der Waals surface area contributed by atoms with E-state index >= 15 is 0 Å². The first-order valence-electron chi connectivity index (χ1n) is 50.1. The van der Waals surface area contributed by atoms with Crippen LogP contribution in [0.3, 0.4) is 0 Å². The highest BCUT2D eigenvalue weighted by molar-refractivity contribution is 7.47. The van der Waals surface area contributed by atoms with Gasteiger partial charge in [0, 0.05) is 19.3 Å². The highest BCUT2D eigenvalue weighted by Crippen LogP contribution is 2.45. The fourth-order valence-electron chi connectivity index (χ4n) is 13.6. The van der Waals surface area contributed by atoms with Gasteiger partial charge in [0.15, 0.2) is 6.10 Å². The van der Waals surface area contributed by atoms with Gasteiger partial charge in [-0.05, 0) is 161 Å². The lowest BCUT2D eigenvalue weighted by atomic mass is 10.0. The Morgan fingerprint density at radius 2 is 0.424 bits per heavy atom. The predicted molar refractivity (Wildman–Crippen MR) is 528 cm³/mol. The van der Waals surface area contributed by atoms with E-state index in [-0.39, 0.29) is 19.3 Å². The molecule has 0 saturated carbocycles. The van der Waals surface area contributed by atoms with Gasteiger partial charge in [-0.3, -0.25) is 32.5 Å². The Kier molecular flexibility index (Phi) is 93.5. The molecule has 0 amide bonds. The van der Waals surface area contributed by atoms with Crippen LogP contribution in [-0.4, -0.2) is 95.9 Å². The van der Waals surface area contributed by atoms with Crippen LogP contribution in [0.2, 0.25) is 0 Å². The number of phosphoric acid groups is 2. The van der Waals surface area contributed by atoms with E-state index in [1.165, 1.54) is 186 Å². The first-order valence-corrected chi connectivity index (χ1v) is 53.1. The van der Waals surface area contributed by atoms with Crippen LogP contribution in [0.15, 0.2) is 182 Å². The first kappa shape index (κ1) is 120. The minimum atomic E-state index is -4.95. The number of carbonyl (C=O) groups excluding carboxylic acids is 3. The van der Waals surface area contributed by atoms with Crippen molar-refractivity contribution in [2.45, 2.75) is 437 Å². The summed E-state index contributed by atoms with van der Waals surface area (Å²) >= 11 is 0. The molecule has 0 bridgehead atoms. The zero-order valence-corrected chi connectivity index (χ0v) is 81.0. The molecule has 4 N–H and O–H groups in total. The van der Waals surface area contributed by atoms with Crippen molar-refractivity contribution in [3.8, 4) is 0 Å². The Morgan fingerprint density at radius 1 is 0.232 bits per heavy atom. The molecule has 0 aliphatic heterocycles. The van der Waals surface area contributed by atoms with Crippen molar-refractivity contribution >= 4 is 33.6 Å². The molecular formula is C107H182O16P2. The minimum absolute atomic E-state index is 0.0977. The maximum atomic E-state index is 13.1. The number of carbonyl (C=O) groups is 3. The Morgan fingerprint density at radius 3 is 0.672 bits per heavy atom. The molecule has 0 aliphatic carbocycles. The second-order valence-corrected chi connectivity index (χ2v) is 36.1. The van der Waals surface area contributed by atoms with Gasteiger partial charge in [-0.1, -0.05) is 421 Å². The van der Waals surface area contributed by atoms with Crippen molar-refractivity contribution in [2.75, 3.05) is 39.6 Å². The van der Waals surface area contributed by atoms with Crippen LogP contribution < -0.4 is 0 Å². The fraction of sp³-hybridized carbons (Fsp3) is 0.692. The second kappa shape index (κ2) is 97.7. The molecule has 0 radical (unpaired) electrons. The predicted octanol–water partition coefficient (Wildman–Crippen LogP) is 31.6. The Balaban J connectivity index is 4.65. The van der Waals surface area contributed by atoms with E-state index in [0.29, 0.717) is 19.3 Å². The van der Waals surface area contributed by atoms with Gasteiger partial charge in [-0.2, -0.15) is 0 Å². The van der Waals surface area contributed by atoms with Gasteiger partial charge >= 0.3 is 33.6 Å². The van der Waals surface area contributed by atoms with Crippen molar-refractivity contribution < 1.29 is 75.8 Å². The van der Waals surface area contributed by atoms with Crippen LogP contribution >= 0.6 is 15.6 Å². The zero-order valence-electron chi connectivity index (χ0n) is 79.2. The molecule has 0 aliphatic rings. The molecular weight excluding hydrogens is 1600 g/mol. The van der Waals surface area contributed by atoms with E-state index in [1.54, 1.807) is 0 Å². The van der Waals surface area contributed by atoms with Gasteiger partial charge in [0.25, 0.3) is 0 Å². The number of rotatable bonds is 94. The van der Waals surface area contributed by atoms with Crippen molar-refractivity contribution in [3.63, 3.8) is 0 Å². The fourth-order valence-corrected chi connectivity index (χ4v) is 15.2. The lowest BCUT2D eigenvalue weighted by molar-refractivity contribution is -0.161. The third-order valence-electron chi connectivity index (χ3n) is 21.1. The molecule has 0 aromatic heterocycles. The highest BCUT2D eigenvalue weighted by atomic mass is 31.2. The van der Waals surface area contributed by atoms with Crippen molar-refractivity contribution in [2.24, 2.45) is 0 Å². The summed E-state index contributed by atoms with van der Waals surface area (Å²) in [7, 11) is -9.82. The molecule has 0 rings (SSSR count). The van der Waals surface area contributed by atoms with Crippen LogP contribution in [-0.2, 0) is 55.8 Å². The van der Waals surface area contributed by atoms with Gasteiger partial charge in [0.1, 0.15) is 25.4 Å². The average molecular weight is 1790 g/mol. The van der Waals surface area contributed by atoms with Gasteiger partial charge in [-0.15, -0.1) is 0 Å². The number of hydrogen-bond acceptors (Lipinski definition) is 14. The molecule has 5 unspecified atom stereocenters. The zero-order chi connectivity index (χ0) is 90.7. The molecule has 0 aromatic rings. The van der Waals surface area contributed by atoms with Gasteiger partial charge in [0.2, 0.25) is 0 Å². The van der Waals surface area contributed by atoms with Gasteiger partial charge in [-0.25, -0.2) is 9.13 Å². The van der Waals surface area contributed by atoms with Crippen molar-refractivity contribution in [1.29, 1.82) is 0 Å². The van der Waals surface area contributed by atoms with E-state index in [9.17, 15) is 43.5 Å². The molecule has 0 spiro atoms. The lowest BCUT2D eigenvalue weighted by Gasteiger charge is -2.21. The molecule has 0 saturated heterocycles. The van der Waals surface area contributed by atoms with Crippen LogP contribution in [0, 0.1) is 0 Å². The maximum Gasteiger partial charge on any atom is 0.472 e. The summed E-state index contributed by atoms with van der Waals surface area (Å²) in [5, 5.41) is 20.8. The number of aliphatic hydroxyl groups excluding tert-OH is 2. The van der Waals surface area contributed by atoms with E-state index in [2.05, 4.69) is 203 Å². The normalized spacial score (nSPS) is 14.5. The molecule has 716 valence electrons. The standard InChI is InChI=1S/C107H182O16P2/c1-4-7-10-13-16-19-22-25-28-31-34-37-40-43-46-49-50-53-55-57-60-63-66-69-72-75-78-81-84-87-90-93-105(110)117-96-102(108)97-119-124(113,114)120-98-103(109)99-121-125(115,116)122-101-104(123-107(112)95-92-89-86-83-80-77-74-71-68-65-62-59-56-52-48-45-42-39-36-33-30-27-24-21-18-15-12-9-6-3)100-118-106(111)94-91-88-85-82-79-76-73-70-67-64-61-58-54-51-47-44-41-38-35-32-29-26-23-20-17-14-11-8-5-2/h7-8,10-11,16-21,25-30,34-39,43-48,54,58,102-104,108-109H,4-6,9,12-15,22-24,31-33,40-42,49-53,55-57,59-101H2,1-3H3,(H,113,114)(H,115,116)/b10-7-,11-8-,19-16-,20-17-,21-18-,28-25-,29-26-,30-27-,37-34-,38-35-,39-36-,46-43-,47-44-,48-45-,58-54-. The summed E-state index contributed by atoms with van der Waals surface area (Å²) in [5.74, 6) is -1.57. The molecule has 18 heteroatoms. The quantitative estimate of drug-likeness (QED) is 0.0146. The summed E-state index contributed by atoms with van der Waals surface area (Å²) in [6, 6.07) is 0. The Hall–Kier alpha value is -5.35. The average Bonchev–Trinajstić information content (AvgIpc) is 0.897. The number of phosphoric ester groups is 2. The molecule has 0 heterocycles. The second-order valence-electron chi connectivity index (χ2n) is 33.2. The van der Waals surface area contributed by atoms with Crippen LogP contribution in [0.5, 0.6) is 0 Å². The molecule has 16 nitrogen and oxygen atoms in total. The van der Waals surface area contributed by atoms with Crippen LogP contribution in [0.1, 0.15) is 419 Å². The number of ether oxygens (including phenoxy) is 3. The molecule has 0 fully saturated rings. The molecule has 0 aromatic carbocycles. The first-order chi connectivity index (χ1) is 61.2. The molecule has 5 atom stereocenters. The third kappa shape index (κ3) is 99.1. The van der Waals surface area contributed by atoms with E-state index in [0.717, 1.165) is 173 Å². The van der Waals surface area contributed by atoms with E-state index in [4.69, 9.17) is 32.3 Å². The number of esters is 3. The van der Waals surface area contributed by atoms with Gasteiger partial charge in [0.05, 0.1) is 26.4 Å². The minimum Gasteiger partial charge on any atom is -0.463 e. The Labute approximate surface area is 764 Å². The van der Waals surface area contributed by atoms with Crippen LogP contribution in [0.25, 0.3) is 0 Å². The summed E-state index contributed by atoms with van der Waals surface area (Å²) in [6.07, 6.45) is 129. The smallest absolute Gasteiger partial charge is 0.463 e. The summed E-state index contributed by atoms with van der Waals surface area (Å²) in [5.41, 5.74) is 0. The SMILES string of the molecule is CC/C=C\C/C=C\C/C=C\C/C=C\C/C=C\C/C=C\CCCCCCCCCCCCC(=O)OCC(COP(=O)(O)OCC(O)COP(=O)(O)OCC(O)COC(=O)CCCCCCCCCCCCCCCCC/C=C\C/C=C\C/C=C\C/C=C\C/C=C\CC)OC(=O)CCCCCCCCCCCCCCC/C=C\C/C=C\C/C=C\C/C=C\CCCCC. The number of hydrogen-bond donors (Lipinski definition) is 4. The highest BCUT2D eigenvalue weighted by Gasteiger charge is 2.30. The van der Waals surface area contributed by atoms with E-state index in [1.807, 2.05) is 0 Å². The monoisotopic (exact) mass is 1790 g/mol. The number of aliphatic hydroxyl groups is 2.